The minimum absolute atomic E-state index is 0.0144. The van der Waals surface area contributed by atoms with Crippen LogP contribution in [0.2, 0.25) is 0 Å². The average molecular weight is 426 g/mol. The number of nitrogens with zero attached hydrogens (tertiary/aromatic N) is 1. The number of thiophene rings is 1. The van der Waals surface area contributed by atoms with Crippen LogP contribution in [0.15, 0.2) is 35.7 Å². The van der Waals surface area contributed by atoms with Crippen LogP contribution in [0.5, 0.6) is 0 Å². The second-order valence-corrected chi connectivity index (χ2v) is 8.53. The Labute approximate surface area is 178 Å². The topological polar surface area (TPSA) is 95.6 Å². The highest BCUT2D eigenvalue weighted by molar-refractivity contribution is 7.10. The number of amides is 4. The Hall–Kier alpha value is -3.00. The van der Waals surface area contributed by atoms with Gasteiger partial charge in [0.15, 0.2) is 0 Å². The van der Waals surface area contributed by atoms with E-state index in [-0.39, 0.29) is 24.1 Å². The molecule has 0 spiro atoms. The molecule has 30 heavy (non-hydrogen) atoms. The van der Waals surface area contributed by atoms with Gasteiger partial charge >= 0.3 is 0 Å². The molecule has 1 atom stereocenters. The van der Waals surface area contributed by atoms with Crippen molar-refractivity contribution in [2.45, 2.75) is 51.2 Å². The Morgan fingerprint density at radius 3 is 2.77 bits per heavy atom. The van der Waals surface area contributed by atoms with Crippen LogP contribution >= 0.6 is 11.3 Å². The molecule has 156 valence electrons. The van der Waals surface area contributed by atoms with E-state index in [1.807, 2.05) is 18.2 Å². The van der Waals surface area contributed by atoms with E-state index in [0.717, 1.165) is 23.3 Å². The fourth-order valence-electron chi connectivity index (χ4n) is 3.92. The zero-order valence-electron chi connectivity index (χ0n) is 16.5. The number of carbonyl (C=O) groups is 4. The van der Waals surface area contributed by atoms with E-state index >= 15 is 0 Å². The van der Waals surface area contributed by atoms with Crippen molar-refractivity contribution < 1.29 is 19.2 Å². The highest BCUT2D eigenvalue weighted by Crippen LogP contribution is 2.33. The molecule has 1 fully saturated rings. The molecule has 4 rings (SSSR count). The van der Waals surface area contributed by atoms with Gasteiger partial charge in [-0.15, -0.1) is 11.3 Å². The number of fused-ring (bicyclic) bond motifs is 1. The lowest BCUT2D eigenvalue weighted by atomic mass is 10.0. The largest absolute Gasteiger partial charge is 0.351 e. The van der Waals surface area contributed by atoms with Crippen molar-refractivity contribution in [1.29, 1.82) is 0 Å². The Bertz CT molecular complexity index is 986. The highest BCUT2D eigenvalue weighted by atomic mass is 32.1. The number of imide groups is 1. The standard InChI is InChI=1S/C22H23N3O4S/c26-19(8-4-7-14-5-2-1-3-6-14)23-11-18-15-12-25(22(29)16(15)13-30-18)17-9-10-20(27)24-21(17)28/h1-3,5-6,13,17H,4,7-12H2,(H,23,26)(H,24,27,28). The quantitative estimate of drug-likeness (QED) is 0.665. The summed E-state index contributed by atoms with van der Waals surface area (Å²) < 4.78 is 0. The van der Waals surface area contributed by atoms with E-state index in [0.29, 0.717) is 31.5 Å². The van der Waals surface area contributed by atoms with Gasteiger partial charge in [-0.05, 0) is 30.4 Å². The summed E-state index contributed by atoms with van der Waals surface area (Å²) in [6, 6.07) is 9.45. The monoisotopic (exact) mass is 425 g/mol. The van der Waals surface area contributed by atoms with Crippen molar-refractivity contribution in [2.24, 2.45) is 0 Å². The molecule has 2 aliphatic rings. The normalized spacial score (nSPS) is 18.3. The summed E-state index contributed by atoms with van der Waals surface area (Å²) in [5.74, 6) is -0.912. The van der Waals surface area contributed by atoms with Crippen molar-refractivity contribution in [3.63, 3.8) is 0 Å². The fourth-order valence-corrected chi connectivity index (χ4v) is 4.89. The first-order valence-electron chi connectivity index (χ1n) is 10.1. The molecule has 4 amide bonds. The number of hydrogen-bond donors (Lipinski definition) is 2. The molecule has 7 nitrogen and oxygen atoms in total. The zero-order chi connectivity index (χ0) is 21.1. The van der Waals surface area contributed by atoms with Crippen LogP contribution in [0.1, 0.15) is 52.0 Å². The molecule has 8 heteroatoms. The van der Waals surface area contributed by atoms with Gasteiger partial charge in [-0.25, -0.2) is 0 Å². The first kappa shape index (κ1) is 20.3. The maximum Gasteiger partial charge on any atom is 0.256 e. The Morgan fingerprint density at radius 2 is 2.00 bits per heavy atom. The number of piperidine rings is 1. The maximum absolute atomic E-state index is 12.7. The van der Waals surface area contributed by atoms with Gasteiger partial charge < -0.3 is 10.2 Å². The summed E-state index contributed by atoms with van der Waals surface area (Å²) in [6.07, 6.45) is 2.67. The van der Waals surface area contributed by atoms with Crippen molar-refractivity contribution in [3.05, 3.63) is 57.3 Å². The SMILES string of the molecule is O=C(CCCc1ccccc1)NCc1scc2c1CN(C1CCC(=O)NC1=O)C2=O. The minimum Gasteiger partial charge on any atom is -0.351 e. The summed E-state index contributed by atoms with van der Waals surface area (Å²) in [6.45, 7) is 0.712. The van der Waals surface area contributed by atoms with Gasteiger partial charge in [-0.2, -0.15) is 0 Å². The van der Waals surface area contributed by atoms with Crippen LogP contribution in [0.3, 0.4) is 0 Å². The Kier molecular flexibility index (Phi) is 5.94. The van der Waals surface area contributed by atoms with Gasteiger partial charge in [-0.1, -0.05) is 30.3 Å². The minimum atomic E-state index is -0.618. The predicted molar refractivity (Wildman–Crippen MR) is 112 cm³/mol. The van der Waals surface area contributed by atoms with Gasteiger partial charge in [-0.3, -0.25) is 24.5 Å². The fraction of sp³-hybridized carbons (Fsp3) is 0.364. The Morgan fingerprint density at radius 1 is 1.20 bits per heavy atom. The molecule has 1 aromatic carbocycles. The molecule has 1 unspecified atom stereocenters. The molecule has 2 aliphatic heterocycles. The molecule has 3 heterocycles. The molecular weight excluding hydrogens is 402 g/mol. The van der Waals surface area contributed by atoms with Crippen molar-refractivity contribution in [1.82, 2.24) is 15.5 Å². The molecule has 0 aliphatic carbocycles. The van der Waals surface area contributed by atoms with Gasteiger partial charge in [0.05, 0.1) is 12.1 Å². The first-order chi connectivity index (χ1) is 14.5. The summed E-state index contributed by atoms with van der Waals surface area (Å²) in [7, 11) is 0. The van der Waals surface area contributed by atoms with E-state index in [9.17, 15) is 19.2 Å². The van der Waals surface area contributed by atoms with E-state index in [2.05, 4.69) is 22.8 Å². The van der Waals surface area contributed by atoms with Crippen molar-refractivity contribution in [2.75, 3.05) is 0 Å². The highest BCUT2D eigenvalue weighted by Gasteiger charge is 2.40. The summed E-state index contributed by atoms with van der Waals surface area (Å²) >= 11 is 1.45. The van der Waals surface area contributed by atoms with Crippen LogP contribution in [0.4, 0.5) is 0 Å². The maximum atomic E-state index is 12.7. The second kappa shape index (κ2) is 8.79. The third-order valence-corrected chi connectivity index (χ3v) is 6.57. The van der Waals surface area contributed by atoms with Crippen LogP contribution in [0.25, 0.3) is 0 Å². The molecule has 1 saturated heterocycles. The van der Waals surface area contributed by atoms with Gasteiger partial charge in [0.25, 0.3) is 5.91 Å². The molecule has 2 N–H and O–H groups in total. The van der Waals surface area contributed by atoms with Crippen LogP contribution in [-0.2, 0) is 33.9 Å². The molecule has 2 aromatic rings. The molecule has 1 aromatic heterocycles. The predicted octanol–water partition coefficient (Wildman–Crippen LogP) is 2.15. The third-order valence-electron chi connectivity index (χ3n) is 5.55. The lowest BCUT2D eigenvalue weighted by molar-refractivity contribution is -0.137. The second-order valence-electron chi connectivity index (χ2n) is 7.57. The van der Waals surface area contributed by atoms with Gasteiger partial charge in [0.1, 0.15) is 6.04 Å². The van der Waals surface area contributed by atoms with Crippen molar-refractivity contribution in [3.8, 4) is 0 Å². The van der Waals surface area contributed by atoms with Gasteiger partial charge in [0, 0.05) is 29.6 Å². The van der Waals surface area contributed by atoms with Gasteiger partial charge in [0.2, 0.25) is 17.7 Å². The van der Waals surface area contributed by atoms with E-state index in [1.54, 1.807) is 5.38 Å². The average Bonchev–Trinajstić information content (AvgIpc) is 3.27. The summed E-state index contributed by atoms with van der Waals surface area (Å²) in [5, 5.41) is 7.04. The number of hydrogen-bond acceptors (Lipinski definition) is 5. The van der Waals surface area contributed by atoms with Crippen LogP contribution in [-0.4, -0.2) is 34.6 Å². The summed E-state index contributed by atoms with van der Waals surface area (Å²) in [5.41, 5.74) is 2.69. The number of aryl methyl sites for hydroxylation is 1. The summed E-state index contributed by atoms with van der Waals surface area (Å²) in [4.78, 5) is 50.9. The molecule has 0 bridgehead atoms. The number of nitrogens with one attached hydrogen (secondary N) is 2. The molecule has 0 saturated carbocycles. The third kappa shape index (κ3) is 4.28. The molecule has 0 radical (unpaired) electrons. The lowest BCUT2D eigenvalue weighted by Crippen LogP contribution is -2.52. The van der Waals surface area contributed by atoms with E-state index in [1.165, 1.54) is 21.8 Å². The lowest BCUT2D eigenvalue weighted by Gasteiger charge is -2.29. The smallest absolute Gasteiger partial charge is 0.256 e. The zero-order valence-corrected chi connectivity index (χ0v) is 17.3. The van der Waals surface area contributed by atoms with E-state index < -0.39 is 11.9 Å². The van der Waals surface area contributed by atoms with Crippen LogP contribution in [0, 0.1) is 0 Å². The number of benzene rings is 1. The number of carbonyl (C=O) groups excluding carboxylic acids is 4. The Balaban J connectivity index is 1.30. The molecular formula is C22H23N3O4S. The first-order valence-corrected chi connectivity index (χ1v) is 11.0. The number of rotatable bonds is 7. The van der Waals surface area contributed by atoms with Crippen LogP contribution < -0.4 is 10.6 Å². The van der Waals surface area contributed by atoms with Crippen molar-refractivity contribution >= 4 is 35.0 Å². The van der Waals surface area contributed by atoms with E-state index in [4.69, 9.17) is 0 Å².